The van der Waals surface area contributed by atoms with Gasteiger partial charge in [-0.2, -0.15) is 0 Å². The van der Waals surface area contributed by atoms with Crippen molar-refractivity contribution < 1.29 is 14.3 Å². The quantitative estimate of drug-likeness (QED) is 0.369. The highest BCUT2D eigenvalue weighted by molar-refractivity contribution is 7.22. The van der Waals surface area contributed by atoms with Crippen molar-refractivity contribution in [3.05, 3.63) is 82.9 Å². The van der Waals surface area contributed by atoms with Gasteiger partial charge in [-0.1, -0.05) is 41.7 Å². The maximum atomic E-state index is 12.8. The fourth-order valence-electron chi connectivity index (χ4n) is 3.58. The van der Waals surface area contributed by atoms with Crippen LogP contribution in [0.2, 0.25) is 0 Å². The second-order valence-electron chi connectivity index (χ2n) is 7.82. The van der Waals surface area contributed by atoms with Crippen LogP contribution in [0.5, 0.6) is 5.75 Å². The van der Waals surface area contributed by atoms with Crippen LogP contribution in [0.25, 0.3) is 10.2 Å². The number of hydrogen-bond donors (Lipinski definition) is 2. The molecule has 0 atom stereocenters. The van der Waals surface area contributed by atoms with E-state index < -0.39 is 0 Å². The number of benzene rings is 3. The van der Waals surface area contributed by atoms with E-state index in [1.165, 1.54) is 11.3 Å². The molecule has 0 aliphatic heterocycles. The second kappa shape index (κ2) is 9.83. The third-order valence-electron chi connectivity index (χ3n) is 5.39. The molecule has 3 aromatic carbocycles. The maximum absolute atomic E-state index is 12.8. The lowest BCUT2D eigenvalue weighted by atomic mass is 10.1. The van der Waals surface area contributed by atoms with Gasteiger partial charge in [0.2, 0.25) is 5.91 Å². The minimum Gasteiger partial charge on any atom is -0.497 e. The molecule has 7 heteroatoms. The van der Waals surface area contributed by atoms with Gasteiger partial charge in [-0.3, -0.25) is 9.59 Å². The summed E-state index contributed by atoms with van der Waals surface area (Å²) in [6.45, 7) is 3.94. The molecule has 0 aliphatic carbocycles. The number of fused-ring (bicyclic) bond motifs is 1. The third kappa shape index (κ3) is 5.38. The number of amides is 2. The van der Waals surface area contributed by atoms with Crippen molar-refractivity contribution in [1.29, 1.82) is 0 Å². The zero-order chi connectivity index (χ0) is 23.4. The zero-order valence-corrected chi connectivity index (χ0v) is 19.6. The van der Waals surface area contributed by atoms with Crippen molar-refractivity contribution in [2.45, 2.75) is 26.7 Å². The first-order chi connectivity index (χ1) is 15.9. The average Bonchev–Trinajstić information content (AvgIpc) is 3.21. The normalized spacial score (nSPS) is 10.8. The summed E-state index contributed by atoms with van der Waals surface area (Å²) in [6.07, 6.45) is 0.948. The Bertz CT molecular complexity index is 1310. The van der Waals surface area contributed by atoms with Crippen LogP contribution in [0.4, 0.5) is 10.8 Å². The van der Waals surface area contributed by atoms with E-state index in [1.54, 1.807) is 19.2 Å². The van der Waals surface area contributed by atoms with Gasteiger partial charge in [-0.05, 0) is 67.3 Å². The maximum Gasteiger partial charge on any atom is 0.255 e. The second-order valence-corrected chi connectivity index (χ2v) is 8.85. The Hall–Kier alpha value is -3.71. The van der Waals surface area contributed by atoms with Crippen molar-refractivity contribution in [2.24, 2.45) is 0 Å². The molecule has 0 saturated carbocycles. The fourth-order valence-corrected chi connectivity index (χ4v) is 4.51. The Labute approximate surface area is 196 Å². The van der Waals surface area contributed by atoms with Crippen LogP contribution in [0.1, 0.15) is 33.5 Å². The van der Waals surface area contributed by atoms with E-state index in [9.17, 15) is 9.59 Å². The molecule has 168 valence electrons. The van der Waals surface area contributed by atoms with E-state index in [2.05, 4.69) is 15.6 Å². The molecule has 0 radical (unpaired) electrons. The fraction of sp³-hybridized carbons (Fsp3) is 0.192. The number of para-hydroxylation sites is 1. The minimum absolute atomic E-state index is 0.107. The number of methoxy groups -OCH3 is 1. The average molecular weight is 460 g/mol. The van der Waals surface area contributed by atoms with Gasteiger partial charge in [0.1, 0.15) is 5.75 Å². The summed E-state index contributed by atoms with van der Waals surface area (Å²) >= 11 is 1.35. The van der Waals surface area contributed by atoms with Crippen LogP contribution >= 0.6 is 11.3 Å². The van der Waals surface area contributed by atoms with Crippen molar-refractivity contribution in [3.8, 4) is 5.75 Å². The zero-order valence-electron chi connectivity index (χ0n) is 18.8. The van der Waals surface area contributed by atoms with Gasteiger partial charge in [0.15, 0.2) is 5.13 Å². The van der Waals surface area contributed by atoms with Crippen LogP contribution in [0.3, 0.4) is 0 Å². The summed E-state index contributed by atoms with van der Waals surface area (Å²) in [4.78, 5) is 29.7. The molecular formula is C26H25N3O3S. The van der Waals surface area contributed by atoms with Gasteiger partial charge in [-0.25, -0.2) is 4.98 Å². The van der Waals surface area contributed by atoms with Gasteiger partial charge in [-0.15, -0.1) is 0 Å². The highest BCUT2D eigenvalue weighted by Crippen LogP contribution is 2.28. The number of anilines is 2. The molecule has 2 N–H and O–H groups in total. The first-order valence-corrected chi connectivity index (χ1v) is 11.5. The van der Waals surface area contributed by atoms with Crippen LogP contribution in [0.15, 0.2) is 60.7 Å². The Morgan fingerprint density at radius 2 is 1.73 bits per heavy atom. The summed E-state index contributed by atoms with van der Waals surface area (Å²) < 4.78 is 6.06. The topological polar surface area (TPSA) is 80.3 Å². The molecule has 4 aromatic rings. The van der Waals surface area contributed by atoms with Gasteiger partial charge < -0.3 is 15.4 Å². The van der Waals surface area contributed by atoms with Crippen LogP contribution in [-0.4, -0.2) is 23.9 Å². The third-order valence-corrected chi connectivity index (χ3v) is 6.33. The molecular weight excluding hydrogens is 434 g/mol. The molecule has 0 aliphatic rings. The molecule has 0 unspecified atom stereocenters. The highest BCUT2D eigenvalue weighted by Gasteiger charge is 2.13. The van der Waals surface area contributed by atoms with E-state index in [0.717, 1.165) is 38.3 Å². The van der Waals surface area contributed by atoms with E-state index >= 15 is 0 Å². The van der Waals surface area contributed by atoms with Crippen LogP contribution in [-0.2, 0) is 11.2 Å². The standard InChI is InChI=1S/C26H25N3O3S/c1-16-6-4-7-17(2)24(16)29-25(31)19-11-12-21-22(15-19)33-26(27-21)28-23(30)13-10-18-8-5-9-20(14-18)32-3/h4-9,11-12,14-15H,10,13H2,1-3H3,(H,29,31)(H,27,28,30). The summed E-state index contributed by atoms with van der Waals surface area (Å²) in [5.41, 5.74) is 5.18. The van der Waals surface area contributed by atoms with Crippen LogP contribution < -0.4 is 15.4 Å². The first-order valence-electron chi connectivity index (χ1n) is 10.6. The van der Waals surface area contributed by atoms with Crippen molar-refractivity contribution in [1.82, 2.24) is 4.98 Å². The van der Waals surface area contributed by atoms with Crippen molar-refractivity contribution in [3.63, 3.8) is 0 Å². The minimum atomic E-state index is -0.174. The largest absolute Gasteiger partial charge is 0.497 e. The van der Waals surface area contributed by atoms with Crippen molar-refractivity contribution >= 4 is 44.2 Å². The number of aryl methyl sites for hydroxylation is 3. The number of ether oxygens (including phenoxy) is 1. The molecule has 4 rings (SSSR count). The van der Waals surface area contributed by atoms with Crippen molar-refractivity contribution in [2.75, 3.05) is 17.7 Å². The number of nitrogens with zero attached hydrogens (tertiary/aromatic N) is 1. The lowest BCUT2D eigenvalue weighted by Crippen LogP contribution is -2.13. The number of thiazole rings is 1. The Morgan fingerprint density at radius 3 is 2.48 bits per heavy atom. The predicted molar refractivity (Wildman–Crippen MR) is 133 cm³/mol. The van der Waals surface area contributed by atoms with Gasteiger partial charge >= 0.3 is 0 Å². The molecule has 0 bridgehead atoms. The first kappa shape index (κ1) is 22.5. The summed E-state index contributed by atoms with van der Waals surface area (Å²) in [5.74, 6) is 0.493. The van der Waals surface area contributed by atoms with Gasteiger partial charge in [0.25, 0.3) is 5.91 Å². The number of carbonyl (C=O) groups excluding carboxylic acids is 2. The summed E-state index contributed by atoms with van der Waals surface area (Å²) in [6, 6.07) is 19.0. The Morgan fingerprint density at radius 1 is 0.970 bits per heavy atom. The number of aromatic nitrogens is 1. The SMILES string of the molecule is COc1cccc(CCC(=O)Nc2nc3ccc(C(=O)Nc4c(C)cccc4C)cc3s2)c1. The molecule has 2 amide bonds. The Kier molecular flexibility index (Phi) is 6.70. The predicted octanol–water partition coefficient (Wildman–Crippen LogP) is 5.75. The summed E-state index contributed by atoms with van der Waals surface area (Å²) in [5, 5.41) is 6.40. The van der Waals surface area contributed by atoms with Crippen LogP contribution in [0, 0.1) is 13.8 Å². The summed E-state index contributed by atoms with van der Waals surface area (Å²) in [7, 11) is 1.62. The van der Waals surface area contributed by atoms with E-state index in [4.69, 9.17) is 4.74 Å². The molecule has 1 aromatic heterocycles. The van der Waals surface area contributed by atoms with E-state index in [0.29, 0.717) is 23.5 Å². The monoisotopic (exact) mass is 459 g/mol. The Balaban J connectivity index is 1.42. The lowest BCUT2D eigenvalue weighted by molar-refractivity contribution is -0.116. The van der Waals surface area contributed by atoms with E-state index in [1.807, 2.05) is 62.4 Å². The number of rotatable bonds is 7. The molecule has 33 heavy (non-hydrogen) atoms. The highest BCUT2D eigenvalue weighted by atomic mass is 32.1. The molecule has 0 saturated heterocycles. The molecule has 0 spiro atoms. The number of hydrogen-bond acceptors (Lipinski definition) is 5. The number of nitrogens with one attached hydrogen (secondary N) is 2. The van der Waals surface area contributed by atoms with Gasteiger partial charge in [0.05, 0.1) is 17.3 Å². The number of carbonyl (C=O) groups is 2. The molecule has 6 nitrogen and oxygen atoms in total. The molecule has 1 heterocycles. The van der Waals surface area contributed by atoms with E-state index in [-0.39, 0.29) is 11.8 Å². The van der Waals surface area contributed by atoms with Gasteiger partial charge in [0, 0.05) is 17.7 Å². The smallest absolute Gasteiger partial charge is 0.255 e. The molecule has 0 fully saturated rings. The lowest BCUT2D eigenvalue weighted by Gasteiger charge is -2.11.